The highest BCUT2D eigenvalue weighted by atomic mass is 16.3. The summed E-state index contributed by atoms with van der Waals surface area (Å²) in [6, 6.07) is 18.0. The molecule has 1 aromatic heterocycles. The van der Waals surface area contributed by atoms with Gasteiger partial charge in [0.15, 0.2) is 0 Å². The number of aromatic nitrogens is 1. The van der Waals surface area contributed by atoms with Crippen LogP contribution >= 0.6 is 0 Å². The zero-order valence-electron chi connectivity index (χ0n) is 14.5. The highest BCUT2D eigenvalue weighted by molar-refractivity contribution is 5.88. The van der Waals surface area contributed by atoms with Crippen LogP contribution in [0, 0.1) is 5.92 Å². The van der Waals surface area contributed by atoms with E-state index >= 15 is 0 Å². The lowest BCUT2D eigenvalue weighted by Crippen LogP contribution is -2.36. The molecule has 0 saturated carbocycles. The Morgan fingerprint density at radius 1 is 1.12 bits per heavy atom. The average molecular weight is 336 g/mol. The number of nitrogens with one attached hydrogen (secondary N) is 1. The zero-order chi connectivity index (χ0) is 17.6. The molecule has 0 spiro atoms. The maximum atomic E-state index is 12.9. The van der Waals surface area contributed by atoms with E-state index in [2.05, 4.69) is 4.98 Å². The first kappa shape index (κ1) is 17.2. The van der Waals surface area contributed by atoms with Gasteiger partial charge in [-0.25, -0.2) is 0 Å². The molecule has 0 aliphatic heterocycles. The molecule has 1 amide bonds. The first-order valence-corrected chi connectivity index (χ1v) is 8.65. The fraction of sp³-hybridized carbons (Fsp3) is 0.286. The molecule has 130 valence electrons. The third-order valence-electron chi connectivity index (χ3n) is 4.43. The molecular formula is C21H24N2O2. The van der Waals surface area contributed by atoms with E-state index in [1.165, 1.54) is 0 Å². The second kappa shape index (κ2) is 7.99. The number of aliphatic hydroxyl groups excluding tert-OH is 1. The highest BCUT2D eigenvalue weighted by Crippen LogP contribution is 2.19. The molecule has 4 heteroatoms. The SMILES string of the molecule is C[C@H](CO)CN(Cc1ccccc1)C(=O)Cc1c[nH]c2ccccc12. The summed E-state index contributed by atoms with van der Waals surface area (Å²) in [5.74, 6) is 0.129. The number of fused-ring (bicyclic) bond motifs is 1. The van der Waals surface area contributed by atoms with Crippen molar-refractivity contribution in [3.63, 3.8) is 0 Å². The Hall–Kier alpha value is -2.59. The third-order valence-corrected chi connectivity index (χ3v) is 4.43. The van der Waals surface area contributed by atoms with Gasteiger partial charge in [0.25, 0.3) is 0 Å². The van der Waals surface area contributed by atoms with Crippen molar-refractivity contribution in [1.29, 1.82) is 0 Å². The monoisotopic (exact) mass is 336 g/mol. The summed E-state index contributed by atoms with van der Waals surface area (Å²) in [5.41, 5.74) is 3.15. The number of para-hydroxylation sites is 1. The van der Waals surface area contributed by atoms with E-state index in [9.17, 15) is 9.90 Å². The summed E-state index contributed by atoms with van der Waals surface area (Å²) < 4.78 is 0. The van der Waals surface area contributed by atoms with Crippen molar-refractivity contribution in [2.75, 3.05) is 13.2 Å². The van der Waals surface area contributed by atoms with Crippen molar-refractivity contribution in [2.24, 2.45) is 5.92 Å². The molecule has 25 heavy (non-hydrogen) atoms. The quantitative estimate of drug-likeness (QED) is 0.695. The van der Waals surface area contributed by atoms with Crippen LogP contribution in [0.1, 0.15) is 18.1 Å². The lowest BCUT2D eigenvalue weighted by Gasteiger charge is -2.25. The maximum Gasteiger partial charge on any atom is 0.227 e. The number of rotatable bonds is 7. The van der Waals surface area contributed by atoms with Crippen molar-refractivity contribution >= 4 is 16.8 Å². The summed E-state index contributed by atoms with van der Waals surface area (Å²) in [5, 5.41) is 10.5. The Morgan fingerprint density at radius 2 is 1.84 bits per heavy atom. The molecule has 4 nitrogen and oxygen atoms in total. The van der Waals surface area contributed by atoms with Crippen LogP contribution in [0.5, 0.6) is 0 Å². The molecule has 0 aliphatic carbocycles. The average Bonchev–Trinajstić information content (AvgIpc) is 3.05. The summed E-state index contributed by atoms with van der Waals surface area (Å²) in [6.45, 7) is 3.14. The van der Waals surface area contributed by atoms with Gasteiger partial charge in [0.2, 0.25) is 5.91 Å². The number of nitrogens with zero attached hydrogens (tertiary/aromatic N) is 1. The van der Waals surface area contributed by atoms with Gasteiger partial charge < -0.3 is 15.0 Å². The van der Waals surface area contributed by atoms with E-state index < -0.39 is 0 Å². The van der Waals surface area contributed by atoms with Crippen LogP contribution in [0.2, 0.25) is 0 Å². The molecule has 0 unspecified atom stereocenters. The number of benzene rings is 2. The smallest absolute Gasteiger partial charge is 0.227 e. The van der Waals surface area contributed by atoms with Crippen LogP contribution in [-0.4, -0.2) is 34.0 Å². The van der Waals surface area contributed by atoms with Crippen molar-refractivity contribution in [2.45, 2.75) is 19.9 Å². The number of hydrogen-bond donors (Lipinski definition) is 2. The van der Waals surface area contributed by atoms with Gasteiger partial charge in [0.1, 0.15) is 0 Å². The van der Waals surface area contributed by atoms with E-state index in [4.69, 9.17) is 0 Å². The Bertz CT molecular complexity index is 826. The second-order valence-electron chi connectivity index (χ2n) is 6.58. The van der Waals surface area contributed by atoms with E-state index in [0.717, 1.165) is 22.0 Å². The van der Waals surface area contributed by atoms with Gasteiger partial charge in [-0.1, -0.05) is 55.5 Å². The molecule has 0 radical (unpaired) electrons. The van der Waals surface area contributed by atoms with E-state index in [-0.39, 0.29) is 18.4 Å². The van der Waals surface area contributed by atoms with Gasteiger partial charge in [0.05, 0.1) is 6.42 Å². The van der Waals surface area contributed by atoms with Crippen molar-refractivity contribution < 1.29 is 9.90 Å². The van der Waals surface area contributed by atoms with Gasteiger partial charge in [0, 0.05) is 36.8 Å². The van der Waals surface area contributed by atoms with Crippen LogP contribution < -0.4 is 0 Å². The lowest BCUT2D eigenvalue weighted by molar-refractivity contribution is -0.131. The number of hydrogen-bond acceptors (Lipinski definition) is 2. The first-order chi connectivity index (χ1) is 12.2. The van der Waals surface area contributed by atoms with Gasteiger partial charge in [-0.3, -0.25) is 4.79 Å². The number of H-pyrrole nitrogens is 1. The summed E-state index contributed by atoms with van der Waals surface area (Å²) >= 11 is 0. The normalized spacial score (nSPS) is 12.2. The summed E-state index contributed by atoms with van der Waals surface area (Å²) in [4.78, 5) is 18.0. The lowest BCUT2D eigenvalue weighted by atomic mass is 10.1. The molecule has 1 atom stereocenters. The number of carbonyl (C=O) groups excluding carboxylic acids is 1. The predicted molar refractivity (Wildman–Crippen MR) is 100 cm³/mol. The van der Waals surface area contributed by atoms with Crippen LogP contribution in [0.15, 0.2) is 60.8 Å². The number of amides is 1. The standard InChI is InChI=1S/C21H24N2O2/c1-16(15-24)13-23(14-17-7-3-2-4-8-17)21(25)11-18-12-22-20-10-6-5-9-19(18)20/h2-10,12,16,22,24H,11,13-15H2,1H3/t16-/m0/s1. The first-order valence-electron chi connectivity index (χ1n) is 8.65. The fourth-order valence-electron chi connectivity index (χ4n) is 3.04. The van der Waals surface area contributed by atoms with Crippen molar-refractivity contribution in [1.82, 2.24) is 9.88 Å². The van der Waals surface area contributed by atoms with Crippen LogP contribution in [0.3, 0.4) is 0 Å². The summed E-state index contributed by atoms with van der Waals surface area (Å²) in [6.07, 6.45) is 2.27. The van der Waals surface area contributed by atoms with Crippen molar-refractivity contribution in [3.8, 4) is 0 Å². The van der Waals surface area contributed by atoms with Crippen LogP contribution in [0.25, 0.3) is 10.9 Å². The molecule has 1 heterocycles. The fourth-order valence-corrected chi connectivity index (χ4v) is 3.04. The predicted octanol–water partition coefficient (Wildman–Crippen LogP) is 3.37. The molecule has 0 bridgehead atoms. The van der Waals surface area contributed by atoms with Gasteiger partial charge in [-0.05, 0) is 23.1 Å². The molecule has 0 aliphatic rings. The largest absolute Gasteiger partial charge is 0.396 e. The van der Waals surface area contributed by atoms with E-state index in [1.54, 1.807) is 0 Å². The Kier molecular flexibility index (Phi) is 5.51. The van der Waals surface area contributed by atoms with Gasteiger partial charge in [-0.15, -0.1) is 0 Å². The molecule has 0 saturated heterocycles. The van der Waals surface area contributed by atoms with Crippen molar-refractivity contribution in [3.05, 3.63) is 71.9 Å². The Morgan fingerprint density at radius 3 is 2.60 bits per heavy atom. The number of aliphatic hydroxyl groups is 1. The molecule has 2 N–H and O–H groups in total. The Balaban J connectivity index is 1.78. The van der Waals surface area contributed by atoms with Crippen LogP contribution in [0.4, 0.5) is 0 Å². The summed E-state index contributed by atoms with van der Waals surface area (Å²) in [7, 11) is 0. The van der Waals surface area contributed by atoms with Gasteiger partial charge in [-0.2, -0.15) is 0 Å². The van der Waals surface area contributed by atoms with E-state index in [1.807, 2.05) is 72.6 Å². The topological polar surface area (TPSA) is 56.3 Å². The molecule has 3 rings (SSSR count). The molecule has 2 aromatic carbocycles. The zero-order valence-corrected chi connectivity index (χ0v) is 14.5. The number of carbonyl (C=O) groups is 1. The Labute approximate surface area is 148 Å². The van der Waals surface area contributed by atoms with Crippen LogP contribution in [-0.2, 0) is 17.8 Å². The minimum atomic E-state index is 0.0515. The second-order valence-corrected chi connectivity index (χ2v) is 6.58. The minimum absolute atomic E-state index is 0.0515. The number of aromatic amines is 1. The maximum absolute atomic E-state index is 12.9. The molecule has 3 aromatic rings. The highest BCUT2D eigenvalue weighted by Gasteiger charge is 2.18. The molecular weight excluding hydrogens is 312 g/mol. The van der Waals surface area contributed by atoms with E-state index in [0.29, 0.717) is 19.5 Å². The minimum Gasteiger partial charge on any atom is -0.396 e. The third kappa shape index (κ3) is 4.28. The van der Waals surface area contributed by atoms with Gasteiger partial charge >= 0.3 is 0 Å². The molecule has 0 fully saturated rings.